The van der Waals surface area contributed by atoms with Crippen LogP contribution in [0.1, 0.15) is 16.2 Å². The standard InChI is InChI=1S/C18H15ClN4O2/c1-11-20-16(22-13-6-4-5-12(19)9-13)10-17(21-11)23-15-8-3-2-7-14(15)18(24)25/h2-10H,1H3,(H,24,25)(H2,20,21,22,23). The van der Waals surface area contributed by atoms with Crippen LogP contribution in [-0.2, 0) is 0 Å². The second-order valence-electron chi connectivity index (χ2n) is 5.30. The summed E-state index contributed by atoms with van der Waals surface area (Å²) in [4.78, 5) is 20.0. The minimum Gasteiger partial charge on any atom is -0.478 e. The van der Waals surface area contributed by atoms with Crippen LogP contribution in [0.4, 0.5) is 23.0 Å². The Labute approximate surface area is 149 Å². The number of aryl methyl sites for hydroxylation is 1. The molecule has 0 aliphatic carbocycles. The van der Waals surface area contributed by atoms with Gasteiger partial charge in [-0.05, 0) is 37.3 Å². The third-order valence-electron chi connectivity index (χ3n) is 3.36. The summed E-state index contributed by atoms with van der Waals surface area (Å²) >= 11 is 5.99. The molecule has 3 rings (SSSR count). The molecule has 0 spiro atoms. The van der Waals surface area contributed by atoms with Gasteiger partial charge in [-0.25, -0.2) is 14.8 Å². The van der Waals surface area contributed by atoms with Crippen LogP contribution in [0.5, 0.6) is 0 Å². The summed E-state index contributed by atoms with van der Waals surface area (Å²) in [5.74, 6) is 0.601. The van der Waals surface area contributed by atoms with Crippen LogP contribution < -0.4 is 10.6 Å². The Kier molecular flexibility index (Phi) is 4.81. The van der Waals surface area contributed by atoms with Crippen molar-refractivity contribution in [2.75, 3.05) is 10.6 Å². The van der Waals surface area contributed by atoms with E-state index in [1.807, 2.05) is 12.1 Å². The molecule has 1 heterocycles. The van der Waals surface area contributed by atoms with Gasteiger partial charge in [-0.3, -0.25) is 0 Å². The average Bonchev–Trinajstić information content (AvgIpc) is 2.54. The van der Waals surface area contributed by atoms with Crippen molar-refractivity contribution in [1.29, 1.82) is 0 Å². The average molecular weight is 355 g/mol. The first kappa shape index (κ1) is 16.7. The molecule has 6 nitrogen and oxygen atoms in total. The molecule has 0 amide bonds. The van der Waals surface area contributed by atoms with Crippen molar-refractivity contribution in [3.8, 4) is 0 Å². The molecular weight excluding hydrogens is 340 g/mol. The number of benzene rings is 2. The monoisotopic (exact) mass is 354 g/mol. The molecule has 0 saturated heterocycles. The molecule has 0 unspecified atom stereocenters. The Hall–Kier alpha value is -3.12. The Balaban J connectivity index is 1.88. The molecule has 0 aliphatic heterocycles. The lowest BCUT2D eigenvalue weighted by atomic mass is 10.2. The van der Waals surface area contributed by atoms with Gasteiger partial charge in [0.05, 0.1) is 11.3 Å². The molecular formula is C18H15ClN4O2. The first-order valence-corrected chi connectivity index (χ1v) is 7.87. The molecule has 0 aliphatic rings. The van der Waals surface area contributed by atoms with Gasteiger partial charge in [-0.2, -0.15) is 0 Å². The highest BCUT2D eigenvalue weighted by molar-refractivity contribution is 6.30. The zero-order valence-corrected chi connectivity index (χ0v) is 14.1. The molecule has 0 fully saturated rings. The van der Waals surface area contributed by atoms with Crippen LogP contribution in [0, 0.1) is 6.92 Å². The van der Waals surface area contributed by atoms with Crippen molar-refractivity contribution in [3.05, 3.63) is 71.0 Å². The number of carbonyl (C=O) groups is 1. The van der Waals surface area contributed by atoms with Crippen molar-refractivity contribution in [1.82, 2.24) is 9.97 Å². The number of hydrogen-bond donors (Lipinski definition) is 3. The second-order valence-corrected chi connectivity index (χ2v) is 5.73. The van der Waals surface area contributed by atoms with Crippen LogP contribution in [0.2, 0.25) is 5.02 Å². The number of aromatic nitrogens is 2. The highest BCUT2D eigenvalue weighted by atomic mass is 35.5. The van der Waals surface area contributed by atoms with Gasteiger partial charge >= 0.3 is 5.97 Å². The zero-order valence-electron chi connectivity index (χ0n) is 13.3. The van der Waals surface area contributed by atoms with Gasteiger partial charge in [-0.1, -0.05) is 29.8 Å². The Bertz CT molecular complexity index is 930. The smallest absolute Gasteiger partial charge is 0.337 e. The minimum absolute atomic E-state index is 0.170. The molecule has 2 aromatic carbocycles. The van der Waals surface area contributed by atoms with Crippen LogP contribution in [0.25, 0.3) is 0 Å². The predicted molar refractivity (Wildman–Crippen MR) is 98.2 cm³/mol. The van der Waals surface area contributed by atoms with E-state index in [-0.39, 0.29) is 5.56 Å². The number of halogens is 1. The highest BCUT2D eigenvalue weighted by Crippen LogP contribution is 2.24. The van der Waals surface area contributed by atoms with Gasteiger partial charge in [0.15, 0.2) is 0 Å². The van der Waals surface area contributed by atoms with Gasteiger partial charge in [-0.15, -0.1) is 0 Å². The molecule has 25 heavy (non-hydrogen) atoms. The van der Waals surface area contributed by atoms with Gasteiger partial charge in [0.1, 0.15) is 17.5 Å². The Morgan fingerprint density at radius 2 is 1.72 bits per heavy atom. The SMILES string of the molecule is Cc1nc(Nc2cccc(Cl)c2)cc(Nc2ccccc2C(=O)O)n1. The number of aromatic carboxylic acids is 1. The first-order valence-electron chi connectivity index (χ1n) is 7.49. The maximum atomic E-state index is 11.3. The van der Waals surface area contributed by atoms with Crippen molar-refractivity contribution in [2.24, 2.45) is 0 Å². The van der Waals surface area contributed by atoms with E-state index >= 15 is 0 Å². The maximum Gasteiger partial charge on any atom is 0.337 e. The quantitative estimate of drug-likeness (QED) is 0.619. The van der Waals surface area contributed by atoms with Crippen molar-refractivity contribution < 1.29 is 9.90 Å². The summed E-state index contributed by atoms with van der Waals surface area (Å²) < 4.78 is 0. The van der Waals surface area contributed by atoms with E-state index in [0.29, 0.717) is 28.2 Å². The van der Waals surface area contributed by atoms with E-state index in [4.69, 9.17) is 11.6 Å². The maximum absolute atomic E-state index is 11.3. The largest absolute Gasteiger partial charge is 0.478 e. The van der Waals surface area contributed by atoms with E-state index in [9.17, 15) is 9.90 Å². The van der Waals surface area contributed by atoms with Crippen LogP contribution >= 0.6 is 11.6 Å². The van der Waals surface area contributed by atoms with Gasteiger partial charge in [0, 0.05) is 16.8 Å². The third kappa shape index (κ3) is 4.24. The van der Waals surface area contributed by atoms with Gasteiger partial charge < -0.3 is 15.7 Å². The number of nitrogens with zero attached hydrogens (tertiary/aromatic N) is 2. The molecule has 0 saturated carbocycles. The Morgan fingerprint density at radius 3 is 2.44 bits per heavy atom. The number of carboxylic acids is 1. The molecule has 0 atom stereocenters. The number of anilines is 4. The van der Waals surface area contributed by atoms with E-state index in [1.54, 1.807) is 43.3 Å². The lowest BCUT2D eigenvalue weighted by Gasteiger charge is -2.12. The van der Waals surface area contributed by atoms with Crippen molar-refractivity contribution in [2.45, 2.75) is 6.92 Å². The summed E-state index contributed by atoms with van der Waals surface area (Å²) in [7, 11) is 0. The fourth-order valence-corrected chi connectivity index (χ4v) is 2.52. The molecule has 1 aromatic heterocycles. The first-order chi connectivity index (χ1) is 12.0. The molecule has 7 heteroatoms. The lowest BCUT2D eigenvalue weighted by Crippen LogP contribution is -2.05. The molecule has 3 aromatic rings. The van der Waals surface area contributed by atoms with Gasteiger partial charge in [0.25, 0.3) is 0 Å². The zero-order chi connectivity index (χ0) is 17.8. The van der Waals surface area contributed by atoms with E-state index in [0.717, 1.165) is 5.69 Å². The lowest BCUT2D eigenvalue weighted by molar-refractivity contribution is 0.0698. The topological polar surface area (TPSA) is 87.1 Å². The number of rotatable bonds is 5. The van der Waals surface area contributed by atoms with Crippen LogP contribution in [-0.4, -0.2) is 21.0 Å². The predicted octanol–water partition coefficient (Wildman–Crippen LogP) is 4.62. The molecule has 0 bridgehead atoms. The van der Waals surface area contributed by atoms with Gasteiger partial charge in [0.2, 0.25) is 0 Å². The number of para-hydroxylation sites is 1. The normalized spacial score (nSPS) is 10.3. The second kappa shape index (κ2) is 7.19. The third-order valence-corrected chi connectivity index (χ3v) is 3.59. The van der Waals surface area contributed by atoms with E-state index in [2.05, 4.69) is 20.6 Å². The fourth-order valence-electron chi connectivity index (χ4n) is 2.33. The van der Waals surface area contributed by atoms with E-state index < -0.39 is 5.97 Å². The van der Waals surface area contributed by atoms with Crippen molar-refractivity contribution >= 4 is 40.6 Å². The minimum atomic E-state index is -1.01. The fraction of sp³-hybridized carbons (Fsp3) is 0.0556. The van der Waals surface area contributed by atoms with Crippen LogP contribution in [0.3, 0.4) is 0 Å². The molecule has 126 valence electrons. The highest BCUT2D eigenvalue weighted by Gasteiger charge is 2.10. The number of hydrogen-bond acceptors (Lipinski definition) is 5. The number of carboxylic acid groups (broad SMARTS) is 1. The number of nitrogens with one attached hydrogen (secondary N) is 2. The van der Waals surface area contributed by atoms with Crippen LogP contribution in [0.15, 0.2) is 54.6 Å². The summed E-state index contributed by atoms with van der Waals surface area (Å²) in [5.41, 5.74) is 1.42. The summed E-state index contributed by atoms with van der Waals surface area (Å²) in [6.07, 6.45) is 0. The van der Waals surface area contributed by atoms with Crippen molar-refractivity contribution in [3.63, 3.8) is 0 Å². The Morgan fingerprint density at radius 1 is 1.00 bits per heavy atom. The summed E-state index contributed by atoms with van der Waals surface area (Å²) in [6, 6.07) is 15.6. The molecule has 0 radical (unpaired) electrons. The molecule has 3 N–H and O–H groups in total. The summed E-state index contributed by atoms with van der Waals surface area (Å²) in [6.45, 7) is 1.76. The van der Waals surface area contributed by atoms with E-state index in [1.165, 1.54) is 6.07 Å². The summed E-state index contributed by atoms with van der Waals surface area (Å²) in [5, 5.41) is 16.1.